The van der Waals surface area contributed by atoms with Crippen LogP contribution in [0.2, 0.25) is 5.02 Å². The highest BCUT2D eigenvalue weighted by Crippen LogP contribution is 2.41. The number of rotatable bonds is 4. The van der Waals surface area contributed by atoms with Crippen molar-refractivity contribution in [2.75, 3.05) is 19.6 Å². The summed E-state index contributed by atoms with van der Waals surface area (Å²) < 4.78 is 1.89. The Bertz CT molecular complexity index is 805. The second kappa shape index (κ2) is 8.82. The molecule has 0 radical (unpaired) electrons. The highest BCUT2D eigenvalue weighted by atomic mass is 127. The van der Waals surface area contributed by atoms with Crippen molar-refractivity contribution in [1.82, 2.24) is 20.0 Å². The van der Waals surface area contributed by atoms with Crippen molar-refractivity contribution >= 4 is 41.5 Å². The highest BCUT2D eigenvalue weighted by Gasteiger charge is 2.40. The molecule has 1 aromatic heterocycles. The van der Waals surface area contributed by atoms with Crippen LogP contribution in [0.5, 0.6) is 0 Å². The summed E-state index contributed by atoms with van der Waals surface area (Å²) in [5.74, 6) is 2.12. The quantitative estimate of drug-likeness (QED) is 0.393. The molecule has 3 atom stereocenters. The van der Waals surface area contributed by atoms with Gasteiger partial charge >= 0.3 is 0 Å². The average molecular weight is 500 g/mol. The Morgan fingerprint density at radius 2 is 2.22 bits per heavy atom. The predicted molar refractivity (Wildman–Crippen MR) is 121 cm³/mol. The fourth-order valence-corrected chi connectivity index (χ4v) is 4.09. The lowest BCUT2D eigenvalue weighted by molar-refractivity contribution is 0.483. The second-order valence-corrected chi connectivity index (χ2v) is 7.76. The molecule has 4 rings (SSSR count). The predicted octanol–water partition coefficient (Wildman–Crippen LogP) is 4.00. The molecule has 0 bridgehead atoms. The van der Waals surface area contributed by atoms with E-state index in [2.05, 4.69) is 40.6 Å². The molecule has 1 aliphatic carbocycles. The van der Waals surface area contributed by atoms with Gasteiger partial charge in [0.1, 0.15) is 0 Å². The molecule has 146 valence electrons. The van der Waals surface area contributed by atoms with E-state index >= 15 is 0 Å². The lowest BCUT2D eigenvalue weighted by Gasteiger charge is -2.22. The van der Waals surface area contributed by atoms with E-state index in [1.807, 2.05) is 30.1 Å². The van der Waals surface area contributed by atoms with E-state index in [0.29, 0.717) is 17.9 Å². The zero-order valence-electron chi connectivity index (χ0n) is 15.8. The first-order valence-corrected chi connectivity index (χ1v) is 9.81. The second-order valence-electron chi connectivity index (χ2n) is 7.32. The molecule has 0 amide bonds. The van der Waals surface area contributed by atoms with Crippen molar-refractivity contribution in [1.29, 1.82) is 0 Å². The van der Waals surface area contributed by atoms with E-state index < -0.39 is 0 Å². The zero-order chi connectivity index (χ0) is 18.1. The van der Waals surface area contributed by atoms with Gasteiger partial charge in [-0.2, -0.15) is 5.10 Å². The van der Waals surface area contributed by atoms with Crippen LogP contribution < -0.4 is 5.32 Å². The molecule has 1 aromatic carbocycles. The molecule has 0 spiro atoms. The number of aromatic nitrogens is 2. The maximum atomic E-state index is 6.14. The Labute approximate surface area is 183 Å². The van der Waals surface area contributed by atoms with Gasteiger partial charge in [-0.3, -0.25) is 9.67 Å². The molecule has 3 unspecified atom stereocenters. The van der Waals surface area contributed by atoms with Crippen molar-refractivity contribution in [2.45, 2.75) is 37.6 Å². The van der Waals surface area contributed by atoms with E-state index in [9.17, 15) is 0 Å². The van der Waals surface area contributed by atoms with E-state index in [0.717, 1.165) is 43.5 Å². The monoisotopic (exact) mass is 499 g/mol. The molecule has 1 aliphatic heterocycles. The number of hydrogen-bond donors (Lipinski definition) is 1. The van der Waals surface area contributed by atoms with Crippen LogP contribution in [0, 0.1) is 0 Å². The van der Waals surface area contributed by atoms with Crippen molar-refractivity contribution in [3.05, 3.63) is 52.8 Å². The Balaban J connectivity index is 0.00000210. The highest BCUT2D eigenvalue weighted by molar-refractivity contribution is 14.0. The van der Waals surface area contributed by atoms with Gasteiger partial charge in [0, 0.05) is 55.8 Å². The largest absolute Gasteiger partial charge is 0.353 e. The molecular formula is C20H27ClIN5. The summed E-state index contributed by atoms with van der Waals surface area (Å²) in [4.78, 5) is 7.15. The van der Waals surface area contributed by atoms with Gasteiger partial charge in [0.25, 0.3) is 0 Å². The SMILES string of the molecule is CCN=C(NC1CC1c1cccc(Cl)c1)N1CCC(c2cnn(C)c2)C1.I. The van der Waals surface area contributed by atoms with Crippen LogP contribution in [0.1, 0.15) is 42.7 Å². The van der Waals surface area contributed by atoms with Crippen molar-refractivity contribution < 1.29 is 0 Å². The first-order valence-electron chi connectivity index (χ1n) is 9.44. The number of guanidine groups is 1. The Morgan fingerprint density at radius 3 is 2.93 bits per heavy atom. The summed E-state index contributed by atoms with van der Waals surface area (Å²) in [6.45, 7) is 4.94. The molecule has 1 saturated carbocycles. The number of likely N-dealkylation sites (tertiary alicyclic amines) is 1. The molecule has 2 aliphatic rings. The topological polar surface area (TPSA) is 45.5 Å². The molecule has 2 heterocycles. The molecule has 7 heteroatoms. The van der Waals surface area contributed by atoms with Gasteiger partial charge in [0.15, 0.2) is 5.96 Å². The molecule has 5 nitrogen and oxygen atoms in total. The third-order valence-electron chi connectivity index (χ3n) is 5.37. The Morgan fingerprint density at radius 1 is 1.37 bits per heavy atom. The van der Waals surface area contributed by atoms with Crippen LogP contribution in [0.15, 0.2) is 41.7 Å². The van der Waals surface area contributed by atoms with Crippen molar-refractivity contribution in [3.63, 3.8) is 0 Å². The maximum absolute atomic E-state index is 6.14. The molecule has 2 fully saturated rings. The number of benzene rings is 1. The Hall–Kier alpha value is -1.28. The van der Waals surface area contributed by atoms with Gasteiger partial charge < -0.3 is 10.2 Å². The van der Waals surface area contributed by atoms with Gasteiger partial charge in [-0.1, -0.05) is 23.7 Å². The molecule has 2 aromatic rings. The summed E-state index contributed by atoms with van der Waals surface area (Å²) in [5, 5.41) is 8.82. The molecule has 1 saturated heterocycles. The summed E-state index contributed by atoms with van der Waals surface area (Å²) in [7, 11) is 1.98. The average Bonchev–Trinajstić information content (AvgIpc) is 3.02. The summed E-state index contributed by atoms with van der Waals surface area (Å²) in [5.41, 5.74) is 2.65. The van der Waals surface area contributed by atoms with Gasteiger partial charge in [0.2, 0.25) is 0 Å². The standard InChI is InChI=1S/C20H26ClN5.HI/c1-3-22-20(24-19-10-18(19)14-5-4-6-17(21)9-14)26-8-7-15(13-26)16-11-23-25(2)12-16;/h4-6,9,11-12,15,18-19H,3,7-8,10,13H2,1-2H3,(H,22,24);1H. The Kier molecular flexibility index (Phi) is 6.68. The third-order valence-corrected chi connectivity index (χ3v) is 5.61. The minimum Gasteiger partial charge on any atom is -0.353 e. The number of nitrogens with zero attached hydrogens (tertiary/aromatic N) is 4. The fourth-order valence-electron chi connectivity index (χ4n) is 3.89. The summed E-state index contributed by atoms with van der Waals surface area (Å²) in [6.07, 6.45) is 6.42. The van der Waals surface area contributed by atoms with E-state index in [-0.39, 0.29) is 24.0 Å². The third kappa shape index (κ3) is 4.77. The lowest BCUT2D eigenvalue weighted by atomic mass is 10.0. The van der Waals surface area contributed by atoms with E-state index in [1.165, 1.54) is 11.1 Å². The number of nitrogens with one attached hydrogen (secondary N) is 1. The van der Waals surface area contributed by atoms with Gasteiger partial charge in [-0.05, 0) is 43.0 Å². The van der Waals surface area contributed by atoms with Crippen LogP contribution >= 0.6 is 35.6 Å². The normalized spacial score (nSPS) is 24.6. The van der Waals surface area contributed by atoms with Crippen molar-refractivity contribution in [3.8, 4) is 0 Å². The van der Waals surface area contributed by atoms with Crippen LogP contribution in [0.25, 0.3) is 0 Å². The number of aliphatic imine (C=N–C) groups is 1. The van der Waals surface area contributed by atoms with Crippen LogP contribution in [0.3, 0.4) is 0 Å². The fraction of sp³-hybridized carbons (Fsp3) is 0.500. The van der Waals surface area contributed by atoms with Crippen LogP contribution in [-0.2, 0) is 7.05 Å². The van der Waals surface area contributed by atoms with Gasteiger partial charge in [-0.25, -0.2) is 0 Å². The van der Waals surface area contributed by atoms with Crippen LogP contribution in [0.4, 0.5) is 0 Å². The van der Waals surface area contributed by atoms with Crippen molar-refractivity contribution in [2.24, 2.45) is 12.0 Å². The first kappa shape index (κ1) is 20.5. The zero-order valence-corrected chi connectivity index (χ0v) is 18.9. The van der Waals surface area contributed by atoms with E-state index in [4.69, 9.17) is 16.6 Å². The number of halogens is 2. The first-order chi connectivity index (χ1) is 12.6. The van der Waals surface area contributed by atoms with Gasteiger partial charge in [-0.15, -0.1) is 24.0 Å². The number of aryl methyl sites for hydroxylation is 1. The van der Waals surface area contributed by atoms with Gasteiger partial charge in [0.05, 0.1) is 6.20 Å². The smallest absolute Gasteiger partial charge is 0.194 e. The molecular weight excluding hydrogens is 473 g/mol. The van der Waals surface area contributed by atoms with E-state index in [1.54, 1.807) is 0 Å². The minimum absolute atomic E-state index is 0. The lowest BCUT2D eigenvalue weighted by Crippen LogP contribution is -2.41. The summed E-state index contributed by atoms with van der Waals surface area (Å²) in [6, 6.07) is 8.67. The number of hydrogen-bond acceptors (Lipinski definition) is 2. The molecule has 1 N–H and O–H groups in total. The molecule has 27 heavy (non-hydrogen) atoms. The maximum Gasteiger partial charge on any atom is 0.194 e. The summed E-state index contributed by atoms with van der Waals surface area (Å²) >= 11 is 6.14. The minimum atomic E-state index is 0. The van der Waals surface area contributed by atoms with Crippen LogP contribution in [-0.4, -0.2) is 46.3 Å².